The van der Waals surface area contributed by atoms with E-state index in [0.29, 0.717) is 37.4 Å². The van der Waals surface area contributed by atoms with Crippen molar-refractivity contribution in [2.75, 3.05) is 37.7 Å². The zero-order valence-electron chi connectivity index (χ0n) is 25.1. The second-order valence-electron chi connectivity index (χ2n) is 11.8. The molecular formula is C32H36FN3O7S. The van der Waals surface area contributed by atoms with Gasteiger partial charge in [-0.3, -0.25) is 0 Å². The lowest BCUT2D eigenvalue weighted by molar-refractivity contribution is 0.0240. The number of anilines is 1. The fourth-order valence-electron chi connectivity index (χ4n) is 5.68. The van der Waals surface area contributed by atoms with Crippen LogP contribution in [0.5, 0.6) is 5.75 Å². The Morgan fingerprint density at radius 3 is 2.11 bits per heavy atom. The lowest BCUT2D eigenvalue weighted by atomic mass is 9.98. The van der Waals surface area contributed by atoms with Crippen LogP contribution in [0.2, 0.25) is 0 Å². The summed E-state index contributed by atoms with van der Waals surface area (Å²) in [6, 6.07) is 18.9. The topological polar surface area (TPSA) is 114 Å². The first kappa shape index (κ1) is 31.1. The number of fused-ring (bicyclic) bond motifs is 3. The Kier molecular flexibility index (Phi) is 8.73. The Bertz CT molecular complexity index is 1620. The minimum absolute atomic E-state index is 0.0170. The Morgan fingerprint density at radius 2 is 1.55 bits per heavy atom. The molecule has 234 valence electrons. The molecule has 2 amide bonds. The molecule has 44 heavy (non-hydrogen) atoms. The second-order valence-corrected chi connectivity index (χ2v) is 12.8. The number of amides is 2. The highest BCUT2D eigenvalue weighted by Crippen LogP contribution is 2.44. The fraction of sp³-hybridized carbons (Fsp3) is 0.375. The van der Waals surface area contributed by atoms with Crippen LogP contribution in [0, 0.1) is 6.92 Å². The molecule has 1 heterocycles. The number of rotatable bonds is 7. The van der Waals surface area contributed by atoms with Gasteiger partial charge in [-0.1, -0.05) is 52.4 Å². The molecule has 0 atom stereocenters. The standard InChI is InChI=1S/C32H36FN3O7S/c1-21-22(19-34-30(37)41-20-28-26-11-7-5-9-24(26)25-10-6-8-12-27(25)28)17-23(43-44(33,39)40)18-29(21)35-13-15-36(16-14-35)31(38)42-32(2,3)4/h5-12,17-18,28H,13-16,19-20H2,1-4H3,(H,34,37). The van der Waals surface area contributed by atoms with Crippen molar-refractivity contribution in [3.05, 3.63) is 82.9 Å². The van der Waals surface area contributed by atoms with Gasteiger partial charge < -0.3 is 28.8 Å². The number of alkyl carbamates (subject to hydrolysis) is 1. The van der Waals surface area contributed by atoms with Gasteiger partial charge in [-0.15, -0.1) is 0 Å². The molecular weight excluding hydrogens is 589 g/mol. The average Bonchev–Trinajstić information content (AvgIpc) is 3.28. The fourth-order valence-corrected chi connectivity index (χ4v) is 6.00. The molecule has 0 aromatic heterocycles. The minimum Gasteiger partial charge on any atom is -0.449 e. The lowest BCUT2D eigenvalue weighted by Crippen LogP contribution is -2.50. The normalized spacial score (nSPS) is 14.9. The van der Waals surface area contributed by atoms with E-state index in [1.54, 1.807) is 25.7 Å². The van der Waals surface area contributed by atoms with Crippen molar-refractivity contribution in [1.82, 2.24) is 10.2 Å². The molecule has 0 radical (unpaired) electrons. The minimum atomic E-state index is -5.29. The van der Waals surface area contributed by atoms with Crippen molar-refractivity contribution in [3.8, 4) is 16.9 Å². The van der Waals surface area contributed by atoms with Gasteiger partial charge in [0.1, 0.15) is 18.0 Å². The van der Waals surface area contributed by atoms with Crippen molar-refractivity contribution >= 4 is 28.4 Å². The molecule has 10 nitrogen and oxygen atoms in total. The van der Waals surface area contributed by atoms with Crippen LogP contribution in [0.25, 0.3) is 11.1 Å². The number of nitrogens with zero attached hydrogens (tertiary/aromatic N) is 2. The number of carbonyl (C=O) groups excluding carboxylic acids is 2. The van der Waals surface area contributed by atoms with E-state index in [2.05, 4.69) is 21.6 Å². The molecule has 1 N–H and O–H groups in total. The largest absolute Gasteiger partial charge is 0.488 e. The summed E-state index contributed by atoms with van der Waals surface area (Å²) in [7, 11) is -5.29. The molecule has 0 spiro atoms. The van der Waals surface area contributed by atoms with Gasteiger partial charge >= 0.3 is 22.7 Å². The van der Waals surface area contributed by atoms with Gasteiger partial charge in [0.15, 0.2) is 0 Å². The van der Waals surface area contributed by atoms with Crippen LogP contribution >= 0.6 is 0 Å². The van der Waals surface area contributed by atoms with Crippen LogP contribution in [-0.4, -0.2) is 63.9 Å². The Hall–Kier alpha value is -4.32. The number of piperazine rings is 1. The summed E-state index contributed by atoms with van der Waals surface area (Å²) in [5, 5.41) is 2.73. The summed E-state index contributed by atoms with van der Waals surface area (Å²) in [5.74, 6) is -0.334. The summed E-state index contributed by atoms with van der Waals surface area (Å²) in [5.41, 5.74) is 5.64. The monoisotopic (exact) mass is 625 g/mol. The number of nitrogens with one attached hydrogen (secondary N) is 1. The Labute approximate surface area is 257 Å². The molecule has 0 saturated carbocycles. The number of hydrogen-bond donors (Lipinski definition) is 1. The summed E-state index contributed by atoms with van der Waals surface area (Å²) >= 11 is 0. The van der Waals surface area contributed by atoms with Crippen molar-refractivity contribution in [1.29, 1.82) is 0 Å². The predicted molar refractivity (Wildman–Crippen MR) is 164 cm³/mol. The molecule has 1 aliphatic carbocycles. The smallest absolute Gasteiger partial charge is 0.449 e. The Morgan fingerprint density at radius 1 is 0.955 bits per heavy atom. The average molecular weight is 626 g/mol. The maximum Gasteiger partial charge on any atom is 0.488 e. The van der Waals surface area contributed by atoms with E-state index in [1.165, 1.54) is 12.1 Å². The van der Waals surface area contributed by atoms with Gasteiger partial charge in [0, 0.05) is 50.4 Å². The molecule has 5 rings (SSSR count). The maximum absolute atomic E-state index is 13.5. The van der Waals surface area contributed by atoms with E-state index < -0.39 is 28.3 Å². The third-order valence-corrected chi connectivity index (χ3v) is 8.09. The summed E-state index contributed by atoms with van der Waals surface area (Å²) in [6.07, 6.45) is -1.06. The van der Waals surface area contributed by atoms with Crippen LogP contribution in [0.15, 0.2) is 60.7 Å². The zero-order valence-corrected chi connectivity index (χ0v) is 25.9. The van der Waals surface area contributed by atoms with E-state index in [1.807, 2.05) is 48.2 Å². The highest BCUT2D eigenvalue weighted by Gasteiger charge is 2.30. The number of benzene rings is 3. The van der Waals surface area contributed by atoms with Crippen molar-refractivity contribution in [2.24, 2.45) is 0 Å². The summed E-state index contributed by atoms with van der Waals surface area (Å²) in [4.78, 5) is 28.9. The molecule has 12 heteroatoms. The Balaban J connectivity index is 1.27. The van der Waals surface area contributed by atoms with E-state index in [0.717, 1.165) is 27.8 Å². The third kappa shape index (κ3) is 7.24. The molecule has 3 aromatic rings. The number of halogens is 1. The first-order valence-corrected chi connectivity index (χ1v) is 15.7. The molecule has 1 fully saturated rings. The highest BCUT2D eigenvalue weighted by molar-refractivity contribution is 7.81. The van der Waals surface area contributed by atoms with Crippen LogP contribution in [-0.2, 0) is 26.5 Å². The van der Waals surface area contributed by atoms with Gasteiger partial charge in [-0.25, -0.2) is 9.59 Å². The van der Waals surface area contributed by atoms with Gasteiger partial charge in [0.2, 0.25) is 0 Å². The lowest BCUT2D eigenvalue weighted by Gasteiger charge is -2.37. The van der Waals surface area contributed by atoms with Gasteiger partial charge in [-0.05, 0) is 67.1 Å². The van der Waals surface area contributed by atoms with Crippen molar-refractivity contribution in [2.45, 2.75) is 45.8 Å². The van der Waals surface area contributed by atoms with Crippen LogP contribution < -0.4 is 14.4 Å². The van der Waals surface area contributed by atoms with E-state index in [-0.39, 0.29) is 24.8 Å². The van der Waals surface area contributed by atoms with Crippen molar-refractivity contribution in [3.63, 3.8) is 0 Å². The maximum atomic E-state index is 13.5. The number of carbonyl (C=O) groups is 2. The SMILES string of the molecule is Cc1c(CNC(=O)OCC2c3ccccc3-c3ccccc32)cc(OS(=O)(=O)F)cc1N1CCN(C(=O)OC(C)(C)C)CC1. The third-order valence-electron chi connectivity index (χ3n) is 7.70. The molecule has 2 aliphatic rings. The number of ether oxygens (including phenoxy) is 2. The molecule has 0 bridgehead atoms. The van der Waals surface area contributed by atoms with Gasteiger partial charge in [0.25, 0.3) is 0 Å². The van der Waals surface area contributed by atoms with Crippen LogP contribution in [0.1, 0.15) is 48.9 Å². The number of hydrogen-bond acceptors (Lipinski definition) is 8. The first-order chi connectivity index (χ1) is 20.8. The van der Waals surface area contributed by atoms with Crippen molar-refractivity contribution < 1.29 is 35.5 Å². The molecule has 3 aromatic carbocycles. The van der Waals surface area contributed by atoms with E-state index >= 15 is 0 Å². The van der Waals surface area contributed by atoms with Crippen LogP contribution in [0.4, 0.5) is 19.2 Å². The van der Waals surface area contributed by atoms with Gasteiger partial charge in [-0.2, -0.15) is 8.42 Å². The second kappa shape index (κ2) is 12.4. The summed E-state index contributed by atoms with van der Waals surface area (Å²) < 4.78 is 51.8. The zero-order chi connectivity index (χ0) is 31.6. The van der Waals surface area contributed by atoms with Crippen LogP contribution in [0.3, 0.4) is 0 Å². The van der Waals surface area contributed by atoms with Gasteiger partial charge in [0.05, 0.1) is 0 Å². The molecule has 1 aliphatic heterocycles. The predicted octanol–water partition coefficient (Wildman–Crippen LogP) is 5.68. The quantitative estimate of drug-likeness (QED) is 0.334. The van der Waals surface area contributed by atoms with E-state index in [4.69, 9.17) is 9.47 Å². The van der Waals surface area contributed by atoms with E-state index in [9.17, 15) is 21.9 Å². The first-order valence-electron chi connectivity index (χ1n) is 14.4. The molecule has 1 saturated heterocycles. The highest BCUT2D eigenvalue weighted by atomic mass is 32.3. The molecule has 0 unspecified atom stereocenters. The summed E-state index contributed by atoms with van der Waals surface area (Å²) in [6.45, 7) is 8.91.